The second kappa shape index (κ2) is 7.23. The first-order valence-electron chi connectivity index (χ1n) is 9.06. The highest BCUT2D eigenvalue weighted by Gasteiger charge is 2.23. The van der Waals surface area contributed by atoms with Gasteiger partial charge in [-0.15, -0.1) is 0 Å². The van der Waals surface area contributed by atoms with Crippen molar-refractivity contribution in [3.05, 3.63) is 58.8 Å². The third kappa shape index (κ3) is 3.69. The van der Waals surface area contributed by atoms with Gasteiger partial charge in [0.1, 0.15) is 13.1 Å². The Morgan fingerprint density at radius 2 is 1.59 bits per heavy atom. The topological polar surface area (TPSA) is 77.4 Å². The van der Waals surface area contributed by atoms with Crippen LogP contribution in [0, 0.1) is 5.92 Å². The van der Waals surface area contributed by atoms with E-state index in [4.69, 9.17) is 4.74 Å². The van der Waals surface area contributed by atoms with E-state index in [0.717, 1.165) is 12.8 Å². The van der Waals surface area contributed by atoms with Crippen LogP contribution in [-0.2, 0) is 20.9 Å². The Kier molecular flexibility index (Phi) is 4.62. The summed E-state index contributed by atoms with van der Waals surface area (Å²) in [7, 11) is 0. The van der Waals surface area contributed by atoms with Gasteiger partial charge < -0.3 is 14.6 Å². The number of para-hydroxylation sites is 2. The van der Waals surface area contributed by atoms with Crippen molar-refractivity contribution in [3.8, 4) is 0 Å². The van der Waals surface area contributed by atoms with Gasteiger partial charge in [0.2, 0.25) is 5.91 Å². The van der Waals surface area contributed by atoms with Crippen LogP contribution >= 0.6 is 0 Å². The largest absolute Gasteiger partial charge is 0.464 e. The average molecular weight is 364 g/mol. The zero-order chi connectivity index (χ0) is 18.8. The van der Waals surface area contributed by atoms with E-state index in [0.29, 0.717) is 34.3 Å². The monoisotopic (exact) mass is 364 g/mol. The number of esters is 1. The van der Waals surface area contributed by atoms with Crippen LogP contribution in [0.3, 0.4) is 0 Å². The van der Waals surface area contributed by atoms with Gasteiger partial charge in [-0.3, -0.25) is 14.4 Å². The smallest absolute Gasteiger partial charge is 0.325 e. The number of benzene rings is 2. The summed E-state index contributed by atoms with van der Waals surface area (Å²) < 4.78 is 6.92. The molecule has 1 fully saturated rings. The molecule has 1 aliphatic rings. The van der Waals surface area contributed by atoms with Gasteiger partial charge in [0, 0.05) is 10.8 Å². The molecule has 0 unspecified atom stereocenters. The number of nitrogens with one attached hydrogen (secondary N) is 1. The number of aromatic nitrogens is 1. The van der Waals surface area contributed by atoms with E-state index in [9.17, 15) is 14.4 Å². The summed E-state index contributed by atoms with van der Waals surface area (Å²) in [4.78, 5) is 36.8. The lowest BCUT2D eigenvalue weighted by Gasteiger charge is -2.15. The molecule has 1 saturated carbocycles. The average Bonchev–Trinajstić information content (AvgIpc) is 3.52. The van der Waals surface area contributed by atoms with E-state index in [1.807, 2.05) is 24.3 Å². The van der Waals surface area contributed by atoms with Gasteiger partial charge in [0.15, 0.2) is 5.43 Å². The Morgan fingerprint density at radius 3 is 2.19 bits per heavy atom. The van der Waals surface area contributed by atoms with E-state index in [2.05, 4.69) is 5.32 Å². The molecule has 138 valence electrons. The summed E-state index contributed by atoms with van der Waals surface area (Å²) in [6, 6.07) is 14.4. The zero-order valence-electron chi connectivity index (χ0n) is 14.8. The highest BCUT2D eigenvalue weighted by molar-refractivity contribution is 5.95. The van der Waals surface area contributed by atoms with Crippen LogP contribution in [0.5, 0.6) is 0 Å². The lowest BCUT2D eigenvalue weighted by molar-refractivity contribution is -0.144. The van der Waals surface area contributed by atoms with Crippen molar-refractivity contribution in [1.29, 1.82) is 0 Å². The van der Waals surface area contributed by atoms with Crippen molar-refractivity contribution in [2.45, 2.75) is 19.4 Å². The van der Waals surface area contributed by atoms with Crippen LogP contribution in [0.4, 0.5) is 0 Å². The molecule has 0 bridgehead atoms. The highest BCUT2D eigenvalue weighted by Crippen LogP contribution is 2.28. The van der Waals surface area contributed by atoms with Gasteiger partial charge in [0.25, 0.3) is 0 Å². The molecule has 0 atom stereocenters. The Hall–Kier alpha value is -3.15. The standard InChI is InChI=1S/C21H20N2O4/c24-19(22-11-20(25)27-13-14-9-10-14)12-23-17-7-3-1-5-15(17)21(26)16-6-2-4-8-18(16)23/h1-8,14H,9-13H2,(H,22,24). The molecule has 6 nitrogen and oxygen atoms in total. The number of carbonyl (C=O) groups excluding carboxylic acids is 2. The Bertz CT molecular complexity index is 1020. The summed E-state index contributed by atoms with van der Waals surface area (Å²) in [6.07, 6.45) is 2.21. The third-order valence-electron chi connectivity index (χ3n) is 4.79. The van der Waals surface area contributed by atoms with Crippen LogP contribution in [0.25, 0.3) is 21.8 Å². The van der Waals surface area contributed by atoms with Crippen molar-refractivity contribution in [1.82, 2.24) is 9.88 Å². The molecule has 0 spiro atoms. The molecule has 27 heavy (non-hydrogen) atoms. The zero-order valence-corrected chi connectivity index (χ0v) is 14.8. The van der Waals surface area contributed by atoms with Gasteiger partial charge in [-0.25, -0.2) is 0 Å². The number of carbonyl (C=O) groups is 2. The quantitative estimate of drug-likeness (QED) is 0.537. The Labute approximate surface area is 155 Å². The maximum absolute atomic E-state index is 12.7. The minimum Gasteiger partial charge on any atom is -0.464 e. The maximum atomic E-state index is 12.7. The lowest BCUT2D eigenvalue weighted by atomic mass is 10.1. The predicted octanol–water partition coefficient (Wildman–Crippen LogP) is 2.22. The summed E-state index contributed by atoms with van der Waals surface area (Å²) in [5.41, 5.74) is 1.32. The molecule has 1 aliphatic carbocycles. The number of fused-ring (bicyclic) bond motifs is 2. The Balaban J connectivity index is 1.56. The van der Waals surface area contributed by atoms with Crippen molar-refractivity contribution in [2.75, 3.05) is 13.2 Å². The van der Waals surface area contributed by atoms with Gasteiger partial charge in [-0.2, -0.15) is 0 Å². The van der Waals surface area contributed by atoms with Crippen LogP contribution in [0.2, 0.25) is 0 Å². The fourth-order valence-electron chi connectivity index (χ4n) is 3.16. The molecule has 1 heterocycles. The second-order valence-corrected chi connectivity index (χ2v) is 6.85. The molecule has 0 saturated heterocycles. The third-order valence-corrected chi connectivity index (χ3v) is 4.79. The second-order valence-electron chi connectivity index (χ2n) is 6.85. The predicted molar refractivity (Wildman–Crippen MR) is 102 cm³/mol. The van der Waals surface area contributed by atoms with Crippen LogP contribution < -0.4 is 10.7 Å². The number of hydrogen-bond donors (Lipinski definition) is 1. The number of nitrogens with zero attached hydrogens (tertiary/aromatic N) is 1. The van der Waals surface area contributed by atoms with Crippen molar-refractivity contribution < 1.29 is 14.3 Å². The van der Waals surface area contributed by atoms with Crippen LogP contribution in [0.1, 0.15) is 12.8 Å². The number of hydrogen-bond acceptors (Lipinski definition) is 4. The van der Waals surface area contributed by atoms with Crippen molar-refractivity contribution in [2.24, 2.45) is 5.92 Å². The number of rotatable bonds is 6. The molecule has 2 aromatic carbocycles. The van der Waals surface area contributed by atoms with Gasteiger partial charge in [-0.05, 0) is 43.0 Å². The number of amides is 1. The molecule has 1 aromatic heterocycles. The first kappa shape index (κ1) is 17.3. The molecular formula is C21H20N2O4. The van der Waals surface area contributed by atoms with Gasteiger partial charge in [0.05, 0.1) is 17.6 Å². The van der Waals surface area contributed by atoms with Crippen molar-refractivity contribution in [3.63, 3.8) is 0 Å². The van der Waals surface area contributed by atoms with E-state index in [-0.39, 0.29) is 24.4 Å². The Morgan fingerprint density at radius 1 is 1.00 bits per heavy atom. The SMILES string of the molecule is O=C(Cn1c2ccccc2c(=O)c2ccccc21)NCC(=O)OCC1CC1. The van der Waals surface area contributed by atoms with Crippen molar-refractivity contribution >= 4 is 33.7 Å². The molecular weight excluding hydrogens is 344 g/mol. The van der Waals surface area contributed by atoms with E-state index in [1.54, 1.807) is 28.8 Å². The number of ether oxygens (including phenoxy) is 1. The van der Waals surface area contributed by atoms with E-state index < -0.39 is 5.97 Å². The summed E-state index contributed by atoms with van der Waals surface area (Å²) >= 11 is 0. The summed E-state index contributed by atoms with van der Waals surface area (Å²) in [5.74, 6) is -0.245. The van der Waals surface area contributed by atoms with Gasteiger partial charge >= 0.3 is 5.97 Å². The molecule has 1 amide bonds. The minimum absolute atomic E-state index is 0.0111. The molecule has 0 radical (unpaired) electrons. The molecule has 0 aliphatic heterocycles. The normalized spacial score (nSPS) is 13.6. The lowest BCUT2D eigenvalue weighted by Crippen LogP contribution is -2.33. The minimum atomic E-state index is -0.426. The highest BCUT2D eigenvalue weighted by atomic mass is 16.5. The first-order chi connectivity index (χ1) is 13.1. The van der Waals surface area contributed by atoms with Crippen LogP contribution in [0.15, 0.2) is 53.3 Å². The molecule has 6 heteroatoms. The number of pyridine rings is 1. The van der Waals surface area contributed by atoms with Gasteiger partial charge in [-0.1, -0.05) is 24.3 Å². The fraction of sp³-hybridized carbons (Fsp3) is 0.286. The molecule has 3 aromatic rings. The first-order valence-corrected chi connectivity index (χ1v) is 9.06. The van der Waals surface area contributed by atoms with Crippen LogP contribution in [-0.4, -0.2) is 29.6 Å². The molecule has 4 rings (SSSR count). The summed E-state index contributed by atoms with van der Waals surface area (Å²) in [6.45, 7) is 0.294. The molecule has 1 N–H and O–H groups in total. The maximum Gasteiger partial charge on any atom is 0.325 e. The fourth-order valence-corrected chi connectivity index (χ4v) is 3.16. The van der Waals surface area contributed by atoms with E-state index >= 15 is 0 Å². The van der Waals surface area contributed by atoms with E-state index in [1.165, 1.54) is 0 Å². The summed E-state index contributed by atoms with van der Waals surface area (Å²) in [5, 5.41) is 3.73.